The van der Waals surface area contributed by atoms with Crippen molar-refractivity contribution < 1.29 is 4.74 Å². The molecule has 4 nitrogen and oxygen atoms in total. The number of rotatable bonds is 6. The van der Waals surface area contributed by atoms with Crippen molar-refractivity contribution in [3.05, 3.63) is 11.1 Å². The lowest BCUT2D eigenvalue weighted by Gasteiger charge is -2.34. The minimum absolute atomic E-state index is 0.123. The summed E-state index contributed by atoms with van der Waals surface area (Å²) in [5, 5.41) is 4.76. The van der Waals surface area contributed by atoms with E-state index in [-0.39, 0.29) is 5.54 Å². The monoisotopic (exact) mass is 283 g/mol. The van der Waals surface area contributed by atoms with Gasteiger partial charge < -0.3 is 15.0 Å². The maximum absolute atomic E-state index is 5.57. The summed E-state index contributed by atoms with van der Waals surface area (Å²) in [5.74, 6) is 0. The Morgan fingerprint density at radius 3 is 2.89 bits per heavy atom. The Balaban J connectivity index is 1.89. The summed E-state index contributed by atoms with van der Waals surface area (Å²) in [4.78, 5) is 8.11. The van der Waals surface area contributed by atoms with Crippen LogP contribution in [0.15, 0.2) is 6.20 Å². The zero-order chi connectivity index (χ0) is 13.7. The third-order valence-electron chi connectivity index (χ3n) is 3.70. The molecular weight excluding hydrogens is 258 g/mol. The second-order valence-electron chi connectivity index (χ2n) is 5.35. The van der Waals surface area contributed by atoms with E-state index in [4.69, 9.17) is 4.74 Å². The van der Waals surface area contributed by atoms with Gasteiger partial charge in [-0.3, -0.25) is 0 Å². The summed E-state index contributed by atoms with van der Waals surface area (Å²) >= 11 is 1.79. The fourth-order valence-corrected chi connectivity index (χ4v) is 3.37. The number of nitrogens with zero attached hydrogens (tertiary/aromatic N) is 2. The maximum atomic E-state index is 5.57. The molecule has 0 aliphatic carbocycles. The highest BCUT2D eigenvalue weighted by molar-refractivity contribution is 7.15. The highest BCUT2D eigenvalue weighted by Crippen LogP contribution is 2.24. The maximum Gasteiger partial charge on any atom is 0.185 e. The molecule has 1 saturated heterocycles. The standard InChI is InChI=1S/C14H25N3OS/c1-4-17(5-2)13-15-9-12(19-13)10-16-14(3)7-6-8-18-11-14/h9,16H,4-8,10-11H2,1-3H3. The van der Waals surface area contributed by atoms with Crippen LogP contribution in [0.4, 0.5) is 5.13 Å². The van der Waals surface area contributed by atoms with Crippen molar-refractivity contribution in [3.63, 3.8) is 0 Å². The Morgan fingerprint density at radius 2 is 2.26 bits per heavy atom. The van der Waals surface area contributed by atoms with Gasteiger partial charge in [-0.2, -0.15) is 0 Å². The van der Waals surface area contributed by atoms with E-state index < -0.39 is 0 Å². The van der Waals surface area contributed by atoms with Crippen LogP contribution in [-0.2, 0) is 11.3 Å². The Bertz CT molecular complexity index is 384. The van der Waals surface area contributed by atoms with E-state index in [0.29, 0.717) is 0 Å². The van der Waals surface area contributed by atoms with Gasteiger partial charge in [0.25, 0.3) is 0 Å². The average Bonchev–Trinajstić information content (AvgIpc) is 2.88. The van der Waals surface area contributed by atoms with E-state index in [2.05, 4.69) is 36.0 Å². The van der Waals surface area contributed by atoms with E-state index in [1.54, 1.807) is 11.3 Å². The molecule has 0 spiro atoms. The van der Waals surface area contributed by atoms with Gasteiger partial charge in [0, 0.05) is 42.9 Å². The zero-order valence-electron chi connectivity index (χ0n) is 12.2. The van der Waals surface area contributed by atoms with Crippen LogP contribution in [0.2, 0.25) is 0 Å². The minimum atomic E-state index is 0.123. The molecule has 108 valence electrons. The molecule has 0 bridgehead atoms. The van der Waals surface area contributed by atoms with Crippen LogP contribution in [0.25, 0.3) is 0 Å². The molecule has 1 aliphatic rings. The summed E-state index contributed by atoms with van der Waals surface area (Å²) < 4.78 is 5.57. The van der Waals surface area contributed by atoms with Gasteiger partial charge in [-0.05, 0) is 33.6 Å². The zero-order valence-corrected chi connectivity index (χ0v) is 13.1. The second kappa shape index (κ2) is 6.68. The molecule has 19 heavy (non-hydrogen) atoms. The van der Waals surface area contributed by atoms with Crippen molar-refractivity contribution in [2.24, 2.45) is 0 Å². The van der Waals surface area contributed by atoms with Crippen LogP contribution in [0, 0.1) is 0 Å². The lowest BCUT2D eigenvalue weighted by molar-refractivity contribution is 0.0279. The third kappa shape index (κ3) is 3.91. The fourth-order valence-electron chi connectivity index (χ4n) is 2.39. The molecule has 5 heteroatoms. The van der Waals surface area contributed by atoms with Crippen molar-refractivity contribution in [2.45, 2.75) is 45.7 Å². The molecule has 2 rings (SSSR count). The SMILES string of the molecule is CCN(CC)c1ncc(CNC2(C)CCCOC2)s1. The van der Waals surface area contributed by atoms with E-state index >= 15 is 0 Å². The number of hydrogen-bond acceptors (Lipinski definition) is 5. The third-order valence-corrected chi connectivity index (χ3v) is 4.76. The van der Waals surface area contributed by atoms with Gasteiger partial charge in [0.05, 0.1) is 6.61 Å². The Kier molecular flexibility index (Phi) is 5.19. The fraction of sp³-hybridized carbons (Fsp3) is 0.786. The molecule has 1 aliphatic heterocycles. The minimum Gasteiger partial charge on any atom is -0.380 e. The smallest absolute Gasteiger partial charge is 0.185 e. The van der Waals surface area contributed by atoms with Crippen LogP contribution in [-0.4, -0.2) is 36.8 Å². The predicted octanol–water partition coefficient (Wildman–Crippen LogP) is 2.65. The Morgan fingerprint density at radius 1 is 1.47 bits per heavy atom. The molecule has 0 amide bonds. The first-order valence-electron chi connectivity index (χ1n) is 7.19. The lowest BCUT2D eigenvalue weighted by Crippen LogP contribution is -2.48. The second-order valence-corrected chi connectivity index (χ2v) is 6.45. The predicted molar refractivity (Wildman–Crippen MR) is 81.0 cm³/mol. The number of hydrogen-bond donors (Lipinski definition) is 1. The van der Waals surface area contributed by atoms with E-state index in [0.717, 1.165) is 44.4 Å². The molecular formula is C14H25N3OS. The van der Waals surface area contributed by atoms with E-state index in [1.807, 2.05) is 6.20 Å². The normalized spacial score (nSPS) is 23.5. The van der Waals surface area contributed by atoms with E-state index in [9.17, 15) is 0 Å². The van der Waals surface area contributed by atoms with Gasteiger partial charge >= 0.3 is 0 Å². The molecule has 1 N–H and O–H groups in total. The molecule has 0 radical (unpaired) electrons. The molecule has 1 aromatic heterocycles. The molecule has 0 saturated carbocycles. The van der Waals surface area contributed by atoms with Gasteiger partial charge in [-0.15, -0.1) is 11.3 Å². The van der Waals surface area contributed by atoms with Crippen molar-refractivity contribution in [1.29, 1.82) is 0 Å². The number of thiazole rings is 1. The van der Waals surface area contributed by atoms with Crippen LogP contribution in [0.1, 0.15) is 38.5 Å². The van der Waals surface area contributed by atoms with E-state index in [1.165, 1.54) is 11.3 Å². The number of ether oxygens (including phenoxy) is 1. The van der Waals surface area contributed by atoms with Gasteiger partial charge in [0.1, 0.15) is 0 Å². The van der Waals surface area contributed by atoms with Crippen molar-refractivity contribution in [2.75, 3.05) is 31.2 Å². The summed E-state index contributed by atoms with van der Waals surface area (Å²) in [6.07, 6.45) is 4.34. The van der Waals surface area contributed by atoms with Gasteiger partial charge in [0.15, 0.2) is 5.13 Å². The number of anilines is 1. The highest BCUT2D eigenvalue weighted by atomic mass is 32.1. The van der Waals surface area contributed by atoms with Crippen LogP contribution < -0.4 is 10.2 Å². The summed E-state index contributed by atoms with van der Waals surface area (Å²) in [6.45, 7) is 11.2. The first kappa shape index (κ1) is 14.8. The molecule has 1 aromatic rings. The summed E-state index contributed by atoms with van der Waals surface area (Å²) in [7, 11) is 0. The molecule has 1 unspecified atom stereocenters. The number of nitrogens with one attached hydrogen (secondary N) is 1. The van der Waals surface area contributed by atoms with Crippen LogP contribution in [0.3, 0.4) is 0 Å². The molecule has 2 heterocycles. The summed E-state index contributed by atoms with van der Waals surface area (Å²) in [5.41, 5.74) is 0.123. The largest absolute Gasteiger partial charge is 0.380 e. The van der Waals surface area contributed by atoms with Crippen LogP contribution >= 0.6 is 11.3 Å². The molecule has 1 atom stereocenters. The average molecular weight is 283 g/mol. The van der Waals surface area contributed by atoms with Gasteiger partial charge in [-0.1, -0.05) is 0 Å². The van der Waals surface area contributed by atoms with Gasteiger partial charge in [0.2, 0.25) is 0 Å². The molecule has 1 fully saturated rings. The lowest BCUT2D eigenvalue weighted by atomic mass is 9.95. The summed E-state index contributed by atoms with van der Waals surface area (Å²) in [6, 6.07) is 0. The number of aromatic nitrogens is 1. The molecule has 0 aromatic carbocycles. The van der Waals surface area contributed by atoms with Gasteiger partial charge in [-0.25, -0.2) is 4.98 Å². The van der Waals surface area contributed by atoms with Crippen LogP contribution in [0.5, 0.6) is 0 Å². The Labute approximate surface area is 120 Å². The first-order chi connectivity index (χ1) is 9.17. The first-order valence-corrected chi connectivity index (χ1v) is 8.01. The Hall–Kier alpha value is -0.650. The quantitative estimate of drug-likeness (QED) is 0.871. The van der Waals surface area contributed by atoms with Crippen molar-refractivity contribution in [3.8, 4) is 0 Å². The van der Waals surface area contributed by atoms with Crippen molar-refractivity contribution in [1.82, 2.24) is 10.3 Å². The highest BCUT2D eigenvalue weighted by Gasteiger charge is 2.26. The van der Waals surface area contributed by atoms with Crippen molar-refractivity contribution >= 4 is 16.5 Å². The topological polar surface area (TPSA) is 37.4 Å².